The molecular weight excluding hydrogens is 466 g/mol. The van der Waals surface area contributed by atoms with Crippen molar-refractivity contribution in [2.45, 2.75) is 26.2 Å². The molecule has 2 heterocycles. The highest BCUT2D eigenvalue weighted by molar-refractivity contribution is 8.26. The number of para-hydroxylation sites is 1. The fourth-order valence-electron chi connectivity index (χ4n) is 3.66. The van der Waals surface area contributed by atoms with Crippen LogP contribution in [0.25, 0.3) is 5.57 Å². The summed E-state index contributed by atoms with van der Waals surface area (Å²) in [6, 6.07) is 13.9. The molecular formula is C23H20ClN3O3S2. The number of amides is 3. The minimum atomic E-state index is -0.558. The van der Waals surface area contributed by atoms with E-state index in [0.29, 0.717) is 17.7 Å². The number of rotatable bonds is 6. The molecule has 32 heavy (non-hydrogen) atoms. The molecule has 4 rings (SSSR count). The zero-order valence-electron chi connectivity index (χ0n) is 17.3. The first-order valence-corrected chi connectivity index (χ1v) is 11.8. The van der Waals surface area contributed by atoms with E-state index < -0.39 is 11.8 Å². The summed E-state index contributed by atoms with van der Waals surface area (Å²) in [6.07, 6.45) is 2.93. The number of carbonyl (C=O) groups excluding carboxylic acids is 3. The van der Waals surface area contributed by atoms with Gasteiger partial charge in [-0.3, -0.25) is 19.8 Å². The number of carbonyl (C=O) groups is 3. The van der Waals surface area contributed by atoms with Crippen LogP contribution in [0.15, 0.2) is 53.4 Å². The average molecular weight is 486 g/mol. The summed E-state index contributed by atoms with van der Waals surface area (Å²) in [7, 11) is 0. The highest BCUT2D eigenvalue weighted by atomic mass is 35.5. The van der Waals surface area contributed by atoms with Gasteiger partial charge >= 0.3 is 0 Å². The lowest BCUT2D eigenvalue weighted by molar-refractivity contribution is -0.124. The summed E-state index contributed by atoms with van der Waals surface area (Å²) in [6.45, 7) is 2.68. The highest BCUT2D eigenvalue weighted by Crippen LogP contribution is 2.44. The van der Waals surface area contributed by atoms with Crippen LogP contribution in [0.4, 0.5) is 5.69 Å². The number of anilines is 1. The van der Waals surface area contributed by atoms with E-state index in [1.54, 1.807) is 29.2 Å². The van der Waals surface area contributed by atoms with Crippen molar-refractivity contribution in [2.24, 2.45) is 0 Å². The van der Waals surface area contributed by atoms with Gasteiger partial charge in [0.15, 0.2) is 4.32 Å². The van der Waals surface area contributed by atoms with E-state index in [-0.39, 0.29) is 25.7 Å². The number of hydrogen-bond acceptors (Lipinski definition) is 5. The van der Waals surface area contributed by atoms with Crippen molar-refractivity contribution in [3.8, 4) is 0 Å². The van der Waals surface area contributed by atoms with E-state index in [2.05, 4.69) is 12.3 Å². The van der Waals surface area contributed by atoms with Gasteiger partial charge < -0.3 is 4.90 Å². The summed E-state index contributed by atoms with van der Waals surface area (Å²) >= 11 is 12.4. The first-order valence-electron chi connectivity index (χ1n) is 10.2. The van der Waals surface area contributed by atoms with E-state index >= 15 is 0 Å². The molecule has 2 aromatic rings. The van der Waals surface area contributed by atoms with Crippen LogP contribution in [0.5, 0.6) is 0 Å². The molecule has 0 radical (unpaired) electrons. The van der Waals surface area contributed by atoms with Gasteiger partial charge in [-0.05, 0) is 36.8 Å². The predicted molar refractivity (Wildman–Crippen MR) is 131 cm³/mol. The topological polar surface area (TPSA) is 69.7 Å². The third kappa shape index (κ3) is 4.05. The summed E-state index contributed by atoms with van der Waals surface area (Å²) in [5.74, 6) is -1.31. The number of thioether (sulfide) groups is 1. The maximum absolute atomic E-state index is 13.3. The Morgan fingerprint density at radius 1 is 1.06 bits per heavy atom. The van der Waals surface area contributed by atoms with Gasteiger partial charge in [0.2, 0.25) is 0 Å². The van der Waals surface area contributed by atoms with E-state index in [1.165, 1.54) is 0 Å². The fraction of sp³-hybridized carbons (Fsp3) is 0.217. The second-order valence-corrected chi connectivity index (χ2v) is 9.37. The molecule has 1 fully saturated rings. The Morgan fingerprint density at radius 3 is 2.53 bits per heavy atom. The van der Waals surface area contributed by atoms with Gasteiger partial charge in [-0.15, -0.1) is 0 Å². The van der Waals surface area contributed by atoms with Crippen LogP contribution in [-0.2, 0) is 9.59 Å². The Kier molecular flexibility index (Phi) is 6.64. The lowest BCUT2D eigenvalue weighted by Gasteiger charge is -2.17. The van der Waals surface area contributed by atoms with E-state index in [9.17, 15) is 14.4 Å². The average Bonchev–Trinajstić information content (AvgIpc) is 3.21. The number of hydrazine groups is 1. The van der Waals surface area contributed by atoms with Gasteiger partial charge in [-0.1, -0.05) is 73.5 Å². The fourth-order valence-corrected chi connectivity index (χ4v) is 5.14. The number of thiocarbonyl (C=S) groups is 1. The monoisotopic (exact) mass is 485 g/mol. The quantitative estimate of drug-likeness (QED) is 0.362. The van der Waals surface area contributed by atoms with Gasteiger partial charge in [0.1, 0.15) is 0 Å². The van der Waals surface area contributed by atoms with Crippen molar-refractivity contribution in [1.29, 1.82) is 0 Å². The number of halogens is 1. The van der Waals surface area contributed by atoms with E-state index in [0.717, 1.165) is 41.7 Å². The first-order chi connectivity index (χ1) is 15.4. The minimum absolute atomic E-state index is 0.146. The molecule has 1 N–H and O–H groups in total. The second-order valence-electron chi connectivity index (χ2n) is 7.31. The second kappa shape index (κ2) is 9.44. The van der Waals surface area contributed by atoms with Crippen molar-refractivity contribution in [3.05, 3.63) is 69.6 Å². The van der Waals surface area contributed by atoms with Crippen LogP contribution in [-0.4, -0.2) is 33.6 Å². The van der Waals surface area contributed by atoms with Crippen LogP contribution < -0.4 is 10.3 Å². The zero-order valence-corrected chi connectivity index (χ0v) is 19.6. The predicted octanol–water partition coefficient (Wildman–Crippen LogP) is 4.79. The summed E-state index contributed by atoms with van der Waals surface area (Å²) in [5.41, 5.74) is 4.55. The molecule has 164 valence electrons. The van der Waals surface area contributed by atoms with Gasteiger partial charge in [-0.25, -0.2) is 0 Å². The molecule has 0 unspecified atom stereocenters. The first kappa shape index (κ1) is 22.5. The Hall–Kier alpha value is -2.68. The largest absolute Gasteiger partial charge is 0.308 e. The van der Waals surface area contributed by atoms with Gasteiger partial charge in [0, 0.05) is 12.1 Å². The number of benzene rings is 2. The highest BCUT2D eigenvalue weighted by Gasteiger charge is 2.42. The molecule has 0 aliphatic carbocycles. The zero-order chi connectivity index (χ0) is 22.8. The smallest absolute Gasteiger partial charge is 0.286 e. The molecule has 2 aliphatic rings. The van der Waals surface area contributed by atoms with Crippen LogP contribution >= 0.6 is 35.6 Å². The number of fused-ring (bicyclic) bond motifs is 1. The normalized spacial score (nSPS) is 17.9. The summed E-state index contributed by atoms with van der Waals surface area (Å²) in [4.78, 5) is 41.1. The minimum Gasteiger partial charge on any atom is -0.308 e. The Morgan fingerprint density at radius 2 is 1.78 bits per heavy atom. The van der Waals surface area contributed by atoms with Crippen molar-refractivity contribution in [1.82, 2.24) is 10.4 Å². The van der Waals surface area contributed by atoms with Crippen molar-refractivity contribution in [2.75, 3.05) is 11.4 Å². The van der Waals surface area contributed by atoms with Gasteiger partial charge in [-0.2, -0.15) is 5.01 Å². The van der Waals surface area contributed by atoms with Gasteiger partial charge in [0.05, 0.1) is 26.8 Å². The van der Waals surface area contributed by atoms with Crippen LogP contribution in [0, 0.1) is 0 Å². The Bertz CT molecular complexity index is 1160. The molecule has 1 saturated heterocycles. The molecule has 2 aliphatic heterocycles. The molecule has 3 amide bonds. The van der Waals surface area contributed by atoms with Crippen molar-refractivity contribution in [3.63, 3.8) is 0 Å². The molecule has 2 aromatic carbocycles. The van der Waals surface area contributed by atoms with Crippen LogP contribution in [0.2, 0.25) is 5.02 Å². The van der Waals surface area contributed by atoms with E-state index in [4.69, 9.17) is 23.8 Å². The SMILES string of the molecule is CCCCCN1C(=O)C(=C2SC(=S)N(NC(=O)c3ccccc3Cl)C2=O)c2ccccc21. The Balaban J connectivity index is 1.65. The number of nitrogens with zero attached hydrogens (tertiary/aromatic N) is 2. The van der Waals surface area contributed by atoms with Crippen molar-refractivity contribution >= 4 is 68.9 Å². The summed E-state index contributed by atoms with van der Waals surface area (Å²) < 4.78 is 0.146. The van der Waals surface area contributed by atoms with E-state index in [1.807, 2.05) is 24.3 Å². The molecule has 0 atom stereocenters. The number of nitrogens with one attached hydrogen (secondary N) is 1. The standard InChI is InChI=1S/C23H20ClN3O3S2/c1-2-3-8-13-26-17-12-7-5-10-15(17)18(21(26)29)19-22(30)27(23(31)32-19)25-20(28)14-9-4-6-11-16(14)24/h4-7,9-12H,2-3,8,13H2,1H3,(H,25,28). The molecule has 0 saturated carbocycles. The third-order valence-electron chi connectivity index (χ3n) is 5.24. The number of hydrogen-bond donors (Lipinski definition) is 1. The summed E-state index contributed by atoms with van der Waals surface area (Å²) in [5, 5.41) is 1.26. The molecule has 6 nitrogen and oxygen atoms in total. The maximum Gasteiger partial charge on any atom is 0.286 e. The Labute approximate surface area is 200 Å². The molecule has 0 spiro atoms. The molecule has 0 aromatic heterocycles. The molecule has 9 heteroatoms. The van der Waals surface area contributed by atoms with Crippen LogP contribution in [0.3, 0.4) is 0 Å². The van der Waals surface area contributed by atoms with Crippen molar-refractivity contribution < 1.29 is 14.4 Å². The van der Waals surface area contributed by atoms with Crippen LogP contribution in [0.1, 0.15) is 42.1 Å². The maximum atomic E-state index is 13.3. The van der Waals surface area contributed by atoms with Gasteiger partial charge in [0.25, 0.3) is 17.7 Å². The third-order valence-corrected chi connectivity index (χ3v) is 6.94. The lowest BCUT2D eigenvalue weighted by atomic mass is 10.1. The number of unbranched alkanes of at least 4 members (excludes halogenated alkanes) is 2. The lowest BCUT2D eigenvalue weighted by Crippen LogP contribution is -2.45. The molecule has 0 bridgehead atoms.